The molecule has 2 rings (SSSR count). The second-order valence-corrected chi connectivity index (χ2v) is 6.51. The van der Waals surface area contributed by atoms with Gasteiger partial charge in [-0.3, -0.25) is 0 Å². The number of rotatable bonds is 3. The second-order valence-electron chi connectivity index (χ2n) is 3.17. The molecule has 9 heteroatoms. The predicted octanol–water partition coefficient (Wildman–Crippen LogP) is 1.72. The number of halogens is 1. The van der Waals surface area contributed by atoms with Crippen molar-refractivity contribution in [3.8, 4) is 0 Å². The Kier molecular flexibility index (Phi) is 3.33. The molecule has 1 aromatic heterocycles. The average Bonchev–Trinajstić information content (AvgIpc) is 2.79. The van der Waals surface area contributed by atoms with E-state index < -0.39 is 25.7 Å². The van der Waals surface area contributed by atoms with Gasteiger partial charge in [0.05, 0.1) is 4.90 Å². The Morgan fingerprint density at radius 1 is 1.28 bits per heavy atom. The fourth-order valence-corrected chi connectivity index (χ4v) is 3.62. The summed E-state index contributed by atoms with van der Waals surface area (Å²) in [5.74, 6) is -1.43. The molecule has 0 saturated heterocycles. The number of benzene rings is 1. The molecule has 1 aromatic carbocycles. The van der Waals surface area contributed by atoms with E-state index in [1.165, 1.54) is 24.3 Å². The number of aromatic nitrogens is 2. The van der Waals surface area contributed by atoms with E-state index in [0.29, 0.717) is 16.6 Å². The fourth-order valence-electron chi connectivity index (χ4n) is 1.21. The van der Waals surface area contributed by atoms with Crippen molar-refractivity contribution >= 4 is 38.9 Å². The minimum Gasteiger partial charge on any atom is -0.476 e. The van der Waals surface area contributed by atoms with Gasteiger partial charge in [0.1, 0.15) is 0 Å². The van der Waals surface area contributed by atoms with Crippen LogP contribution in [-0.2, 0) is 9.84 Å². The standard InChI is InChI=1S/C9H5ClN2O4S2/c10-5-1-3-6(4-2-5)18(15,16)9-7(8(13)14)11-12-17-9/h1-4H,(H,13,14). The molecule has 2 aromatic rings. The van der Waals surface area contributed by atoms with E-state index in [1.54, 1.807) is 0 Å². The highest BCUT2D eigenvalue weighted by molar-refractivity contribution is 7.93. The molecular weight excluding hydrogens is 300 g/mol. The molecule has 18 heavy (non-hydrogen) atoms. The number of carboxylic acids is 1. The van der Waals surface area contributed by atoms with Gasteiger partial charge in [0.2, 0.25) is 15.5 Å². The van der Waals surface area contributed by atoms with Crippen molar-refractivity contribution in [1.82, 2.24) is 9.59 Å². The number of hydrogen-bond acceptors (Lipinski definition) is 6. The van der Waals surface area contributed by atoms with Crippen LogP contribution >= 0.6 is 23.1 Å². The molecule has 0 bridgehead atoms. The summed E-state index contributed by atoms with van der Waals surface area (Å²) in [6.07, 6.45) is 0. The molecule has 0 aliphatic carbocycles. The monoisotopic (exact) mass is 304 g/mol. The fraction of sp³-hybridized carbons (Fsp3) is 0. The molecular formula is C9H5ClN2O4S2. The highest BCUT2D eigenvalue weighted by Gasteiger charge is 2.28. The lowest BCUT2D eigenvalue weighted by atomic mass is 10.4. The first-order valence-corrected chi connectivity index (χ1v) is 7.12. The molecule has 0 unspecified atom stereocenters. The molecule has 0 aliphatic heterocycles. The second kappa shape index (κ2) is 4.63. The van der Waals surface area contributed by atoms with Crippen LogP contribution in [0.5, 0.6) is 0 Å². The number of carbonyl (C=O) groups is 1. The lowest BCUT2D eigenvalue weighted by Crippen LogP contribution is -2.07. The summed E-state index contributed by atoms with van der Waals surface area (Å²) in [7, 11) is -3.93. The number of sulfone groups is 1. The van der Waals surface area contributed by atoms with E-state index >= 15 is 0 Å². The molecule has 0 fully saturated rings. The Morgan fingerprint density at radius 3 is 2.44 bits per heavy atom. The number of nitrogens with zero attached hydrogens (tertiary/aromatic N) is 2. The molecule has 0 aliphatic rings. The van der Waals surface area contributed by atoms with Crippen LogP contribution in [-0.4, -0.2) is 29.1 Å². The molecule has 1 heterocycles. The SMILES string of the molecule is O=C(O)c1nnsc1S(=O)(=O)c1ccc(Cl)cc1. The zero-order valence-corrected chi connectivity index (χ0v) is 11.0. The molecule has 6 nitrogen and oxygen atoms in total. The minimum absolute atomic E-state index is 0.0551. The van der Waals surface area contributed by atoms with E-state index in [0.717, 1.165) is 0 Å². The predicted molar refractivity (Wildman–Crippen MR) is 63.8 cm³/mol. The van der Waals surface area contributed by atoms with Crippen LogP contribution in [0.25, 0.3) is 0 Å². The summed E-state index contributed by atoms with van der Waals surface area (Å²) < 4.78 is 27.3. The Hall–Kier alpha value is -1.51. The van der Waals surface area contributed by atoms with Gasteiger partial charge in [-0.15, -0.1) is 5.10 Å². The summed E-state index contributed by atoms with van der Waals surface area (Å²) in [6, 6.07) is 5.40. The van der Waals surface area contributed by atoms with E-state index in [9.17, 15) is 13.2 Å². The Labute approximate surface area is 111 Å². The molecule has 1 N–H and O–H groups in total. The molecule has 0 saturated carbocycles. The van der Waals surface area contributed by atoms with Crippen LogP contribution in [0, 0.1) is 0 Å². The van der Waals surface area contributed by atoms with E-state index in [-0.39, 0.29) is 4.90 Å². The van der Waals surface area contributed by atoms with Crippen LogP contribution in [0.2, 0.25) is 5.02 Å². The normalized spacial score (nSPS) is 11.4. The zero-order valence-electron chi connectivity index (χ0n) is 8.57. The lowest BCUT2D eigenvalue weighted by Gasteiger charge is -2.01. The van der Waals surface area contributed by atoms with E-state index in [1.807, 2.05) is 0 Å². The van der Waals surface area contributed by atoms with Crippen LogP contribution in [0.1, 0.15) is 10.5 Å². The van der Waals surface area contributed by atoms with Gasteiger partial charge in [-0.25, -0.2) is 13.2 Å². The Bertz CT molecular complexity index is 694. The zero-order chi connectivity index (χ0) is 13.3. The number of aromatic carboxylic acids is 1. The van der Waals surface area contributed by atoms with Gasteiger partial charge in [0, 0.05) is 16.6 Å². The highest BCUT2D eigenvalue weighted by atomic mass is 35.5. The van der Waals surface area contributed by atoms with Crippen molar-refractivity contribution < 1.29 is 18.3 Å². The molecule has 0 radical (unpaired) electrons. The van der Waals surface area contributed by atoms with Crippen molar-refractivity contribution in [2.24, 2.45) is 0 Å². The Balaban J connectivity index is 2.58. The topological polar surface area (TPSA) is 97.2 Å². The van der Waals surface area contributed by atoms with Crippen LogP contribution in [0.4, 0.5) is 0 Å². The van der Waals surface area contributed by atoms with Gasteiger partial charge in [0.25, 0.3) is 0 Å². The van der Waals surface area contributed by atoms with Crippen molar-refractivity contribution in [3.63, 3.8) is 0 Å². The van der Waals surface area contributed by atoms with Crippen molar-refractivity contribution in [2.75, 3.05) is 0 Å². The van der Waals surface area contributed by atoms with Crippen LogP contribution < -0.4 is 0 Å². The molecule has 0 amide bonds. The minimum atomic E-state index is -3.93. The number of hydrogen-bond donors (Lipinski definition) is 1. The number of carboxylic acid groups (broad SMARTS) is 1. The van der Waals surface area contributed by atoms with Crippen LogP contribution in [0.3, 0.4) is 0 Å². The summed E-state index contributed by atoms with van der Waals surface area (Å²) in [5.41, 5.74) is -0.574. The molecule has 0 spiro atoms. The third-order valence-corrected chi connectivity index (χ3v) is 5.26. The summed E-state index contributed by atoms with van der Waals surface area (Å²) >= 11 is 6.18. The van der Waals surface area contributed by atoms with Gasteiger partial charge in [-0.05, 0) is 24.3 Å². The van der Waals surface area contributed by atoms with Gasteiger partial charge >= 0.3 is 5.97 Å². The first-order chi connectivity index (χ1) is 8.43. The third-order valence-electron chi connectivity index (χ3n) is 2.03. The highest BCUT2D eigenvalue weighted by Crippen LogP contribution is 2.26. The lowest BCUT2D eigenvalue weighted by molar-refractivity contribution is 0.0686. The first kappa shape index (κ1) is 12.9. The van der Waals surface area contributed by atoms with Gasteiger partial charge in [0.15, 0.2) is 4.21 Å². The smallest absolute Gasteiger partial charge is 0.358 e. The third kappa shape index (κ3) is 2.22. The summed E-state index contributed by atoms with van der Waals surface area (Å²) in [6.45, 7) is 0. The summed E-state index contributed by atoms with van der Waals surface area (Å²) in [5, 5.41) is 12.5. The van der Waals surface area contributed by atoms with Gasteiger partial charge in [-0.1, -0.05) is 16.1 Å². The summed E-state index contributed by atoms with van der Waals surface area (Å²) in [4.78, 5) is 10.8. The maximum Gasteiger partial charge on any atom is 0.358 e. The quantitative estimate of drug-likeness (QED) is 0.927. The van der Waals surface area contributed by atoms with Crippen molar-refractivity contribution in [1.29, 1.82) is 0 Å². The van der Waals surface area contributed by atoms with Crippen molar-refractivity contribution in [3.05, 3.63) is 35.0 Å². The van der Waals surface area contributed by atoms with Gasteiger partial charge in [-0.2, -0.15) is 0 Å². The van der Waals surface area contributed by atoms with Gasteiger partial charge < -0.3 is 5.11 Å². The first-order valence-electron chi connectivity index (χ1n) is 4.49. The largest absolute Gasteiger partial charge is 0.476 e. The van der Waals surface area contributed by atoms with Crippen molar-refractivity contribution in [2.45, 2.75) is 9.10 Å². The van der Waals surface area contributed by atoms with Crippen LogP contribution in [0.15, 0.2) is 33.4 Å². The van der Waals surface area contributed by atoms with E-state index in [4.69, 9.17) is 16.7 Å². The Morgan fingerprint density at radius 2 is 1.89 bits per heavy atom. The molecule has 0 atom stereocenters. The maximum atomic E-state index is 12.2. The molecule has 94 valence electrons. The van der Waals surface area contributed by atoms with E-state index in [2.05, 4.69) is 9.59 Å². The maximum absolute atomic E-state index is 12.2. The average molecular weight is 305 g/mol.